The summed E-state index contributed by atoms with van der Waals surface area (Å²) >= 11 is 36.8. The highest BCUT2D eigenvalue weighted by molar-refractivity contribution is 6.49. The van der Waals surface area contributed by atoms with Crippen LogP contribution in [-0.2, 0) is 0 Å². The highest BCUT2D eigenvalue weighted by Gasteiger charge is 2.32. The van der Waals surface area contributed by atoms with Gasteiger partial charge in [-0.2, -0.15) is 0 Å². The lowest BCUT2D eigenvalue weighted by Gasteiger charge is -2.36. The molecule has 30 nitrogen and oxygen atoms in total. The number of carbonyl (C=O) groups excluding carboxylic acids is 5. The van der Waals surface area contributed by atoms with Crippen LogP contribution >= 0.6 is 69.6 Å². The molecule has 5 amide bonds. The van der Waals surface area contributed by atoms with Crippen LogP contribution in [0.1, 0.15) is 146 Å². The van der Waals surface area contributed by atoms with E-state index in [2.05, 4.69) is 93.3 Å². The van der Waals surface area contributed by atoms with Crippen molar-refractivity contribution in [2.24, 2.45) is 0 Å². The van der Waals surface area contributed by atoms with Crippen LogP contribution in [0, 0.1) is 41.3 Å². The van der Waals surface area contributed by atoms with E-state index in [1.54, 1.807) is 72.6 Å². The highest BCUT2D eigenvalue weighted by Crippen LogP contribution is 2.40. The minimum Gasteiger partial charge on any atom is -0.490 e. The largest absolute Gasteiger partial charge is 0.490 e. The fourth-order valence-electron chi connectivity index (χ4n) is 12.5. The number of ether oxygens (including phenoxy) is 3. The number of piperazine rings is 3. The molecular weight excluding hydrogens is 1700 g/mol. The summed E-state index contributed by atoms with van der Waals surface area (Å²) in [5.41, 5.74) is 19.7. The molecule has 0 unspecified atom stereocenters. The van der Waals surface area contributed by atoms with Gasteiger partial charge in [0.1, 0.15) is 35.6 Å². The average Bonchev–Trinajstić information content (AvgIpc) is 0.819. The molecule has 121 heavy (non-hydrogen) atoms. The van der Waals surface area contributed by atoms with Crippen molar-refractivity contribution in [3.8, 4) is 41.1 Å². The van der Waals surface area contributed by atoms with Crippen LogP contribution < -0.4 is 68.6 Å². The molecule has 0 spiro atoms. The zero-order valence-corrected chi connectivity index (χ0v) is 70.0. The number of carboxylic acids is 1. The Kier molecular flexibility index (Phi) is 33.6. The number of carbonyl (C=O) groups is 6. The average molecular weight is 1780 g/mol. The third kappa shape index (κ3) is 25.7. The number of benzene rings is 6. The maximum absolute atomic E-state index is 14.2. The fraction of sp³-hybridized carbons (Fsp3) is 0.275. The molecule has 9 aromatic rings. The summed E-state index contributed by atoms with van der Waals surface area (Å²) in [6.07, 6.45) is 2.56. The van der Waals surface area contributed by atoms with E-state index >= 15 is 0 Å². The second-order valence-corrected chi connectivity index (χ2v) is 30.1. The number of amides is 5. The van der Waals surface area contributed by atoms with Gasteiger partial charge >= 0.3 is 5.97 Å². The summed E-state index contributed by atoms with van der Waals surface area (Å²) in [5, 5.41) is 70.4. The molecule has 0 bridgehead atoms. The van der Waals surface area contributed by atoms with Crippen molar-refractivity contribution in [2.45, 2.75) is 103 Å². The van der Waals surface area contributed by atoms with Crippen LogP contribution in [0.3, 0.4) is 0 Å². The highest BCUT2D eigenvalue weighted by atomic mass is 35.5. The number of aliphatic hydroxyl groups excluding tert-OH is 2. The number of halogens is 9. The standard InChI is InChI=1S/C27H25BCl2FN6O4.C26H27Cl2FN6O3.C21H13BCl2FN4O5.C6H14N2/c1-14-12-37(13-15(2)33-14)27(40)16-3-5-17(6-4-16)34-26(39)20-11-21(25(32)36-35-20)41-24(28-9-10-38)22-18(29)7-8-19(31)23(22)30;1-13-11-35(12-14(2)31-13)26(37)16-4-6-17(7-5-16)32-25(36)20-10-21(24(30)34-33-20)38-15(3)22-18(27)8-9-19(29)23(22)28;23-12-5-6-13(25)17(24)16(12)18(22-7-8-30)34-15-9-14(28-29-19(15)26)20(31)27-11-3-1-10(2-4-11)21(32)33;1-5-3-7-4-6(2)8-5/h3-8,11,14-15,24,33,38H,12-13H2,1-2H3,(H2,32,36)(H,34,39);4-10,13-15,31H,11-12H2,1-3H3,(H2,30,34)(H,32,36);1-6,9,18,30H,(H2,26,29)(H,27,31)(H,32,33);5-8H,3-4H2,1-2H3/t14-,15+,24-;13-,14+,15-;18-;5-,6+/m010./s1. The first-order valence-corrected chi connectivity index (χ1v) is 39.2. The first-order chi connectivity index (χ1) is 57.6. The van der Waals surface area contributed by atoms with Crippen LogP contribution in [0.2, 0.25) is 30.1 Å². The number of hydrogen-bond acceptors (Lipinski definition) is 24. The van der Waals surface area contributed by atoms with Crippen LogP contribution in [0.5, 0.6) is 17.2 Å². The zero-order chi connectivity index (χ0) is 88.1. The molecule has 3 fully saturated rings. The van der Waals surface area contributed by atoms with Crippen molar-refractivity contribution in [3.05, 3.63) is 225 Å². The van der Waals surface area contributed by atoms with Crippen molar-refractivity contribution in [3.63, 3.8) is 0 Å². The second kappa shape index (κ2) is 43.6. The van der Waals surface area contributed by atoms with Gasteiger partial charge in [0, 0.05) is 154 Å². The van der Waals surface area contributed by atoms with Crippen molar-refractivity contribution in [1.82, 2.24) is 61.7 Å². The molecule has 6 aromatic carbocycles. The maximum Gasteiger partial charge on any atom is 0.335 e. The summed E-state index contributed by atoms with van der Waals surface area (Å²) in [7, 11) is 2.33. The quantitative estimate of drug-likeness (QED) is 0.0191. The van der Waals surface area contributed by atoms with E-state index in [0.717, 1.165) is 38.6 Å². The number of nitrogens with zero attached hydrogens (tertiary/aromatic N) is 8. The number of anilines is 6. The van der Waals surface area contributed by atoms with Gasteiger partial charge in [0.2, 0.25) is 0 Å². The molecule has 3 aromatic heterocycles. The molecule has 16 N–H and O–H groups in total. The molecule has 3 aliphatic rings. The van der Waals surface area contributed by atoms with Crippen LogP contribution in [0.4, 0.5) is 47.7 Å². The molecule has 3 saturated heterocycles. The Morgan fingerprint density at radius 2 is 0.752 bits per heavy atom. The van der Waals surface area contributed by atoms with Gasteiger partial charge in [-0.15, -0.1) is 42.2 Å². The zero-order valence-electron chi connectivity index (χ0n) is 65.4. The molecular formula is C80H79B2Cl6F3N18O12. The lowest BCUT2D eigenvalue weighted by Crippen LogP contribution is -2.55. The number of aromatic nitrogens is 6. The number of rotatable bonds is 20. The SMILES string of the molecule is C[C@@H]1CN(C(=O)c2ccc(NC(=O)c3cc(O[C@H](C)c4c(Cl)ccc(F)c4Cl)c(N)nn3)cc2)C[C@H](C)N1.C[C@@H]1CN(C(=O)c2ccc(NC(=O)c3cc(O[C@H]([B]C#CO)c4c(Cl)ccc(F)c4Cl)c(N)nn3)cc2)C[C@H](C)N1.C[C@@H]1CNC[C@H](C)N1.Nc1nnc(C(=O)Nc2ccc(C(=O)O)cc2)cc1O[C@H]([B]C#CO)c1c(Cl)ccc(F)c1Cl. The second-order valence-electron chi connectivity index (χ2n) is 27.8. The summed E-state index contributed by atoms with van der Waals surface area (Å²) in [6.45, 7) is 18.8. The number of nitrogen functional groups attached to an aromatic ring is 3. The van der Waals surface area contributed by atoms with Crippen molar-refractivity contribution in [2.75, 3.05) is 72.4 Å². The van der Waals surface area contributed by atoms with Crippen LogP contribution in [0.15, 0.2) is 127 Å². The van der Waals surface area contributed by atoms with Gasteiger partial charge in [-0.1, -0.05) is 69.6 Å². The molecule has 3 aliphatic heterocycles. The fourth-order valence-corrected chi connectivity index (χ4v) is 14.4. The maximum atomic E-state index is 14.2. The van der Waals surface area contributed by atoms with Gasteiger partial charge in [-0.3, -0.25) is 24.0 Å². The van der Waals surface area contributed by atoms with E-state index < -0.39 is 59.3 Å². The molecule has 630 valence electrons. The number of hydrogen-bond donors (Lipinski definition) is 13. The minimum absolute atomic E-state index is 0.00631. The topological polar surface area (TPSA) is 437 Å². The molecule has 2 radical (unpaired) electrons. The Morgan fingerprint density at radius 3 is 1.06 bits per heavy atom. The summed E-state index contributed by atoms with van der Waals surface area (Å²) in [4.78, 5) is 78.8. The number of nitrogens with one attached hydrogen (secondary N) is 7. The van der Waals surface area contributed by atoms with Crippen LogP contribution in [-0.4, -0.2) is 181 Å². The number of aromatic carboxylic acids is 1. The van der Waals surface area contributed by atoms with E-state index in [0.29, 0.717) is 66.5 Å². The Hall–Kier alpha value is -11.6. The van der Waals surface area contributed by atoms with E-state index in [-0.39, 0.29) is 140 Å². The number of carboxylic acid groups (broad SMARTS) is 1. The van der Waals surface area contributed by atoms with Gasteiger partial charge in [0.05, 0.1) is 32.8 Å². The third-order valence-corrected chi connectivity index (χ3v) is 20.1. The summed E-state index contributed by atoms with van der Waals surface area (Å²) in [5.74, 6) is -1.41. The smallest absolute Gasteiger partial charge is 0.335 e. The molecule has 41 heteroatoms. The predicted octanol–water partition coefficient (Wildman–Crippen LogP) is 11.9. The molecule has 0 saturated carbocycles. The van der Waals surface area contributed by atoms with Gasteiger partial charge in [-0.05, 0) is 158 Å². The summed E-state index contributed by atoms with van der Waals surface area (Å²) in [6, 6.07) is 29.1. The lowest BCUT2D eigenvalue weighted by atomic mass is 9.69. The van der Waals surface area contributed by atoms with Gasteiger partial charge in [-0.25, -0.2) is 18.0 Å². The Bertz CT molecular complexity index is 5380. The Morgan fingerprint density at radius 1 is 0.455 bits per heavy atom. The van der Waals surface area contributed by atoms with Crippen molar-refractivity contribution >= 4 is 154 Å². The van der Waals surface area contributed by atoms with Crippen LogP contribution in [0.25, 0.3) is 0 Å². The Balaban J connectivity index is 0.000000197. The monoisotopic (exact) mass is 1770 g/mol. The van der Waals surface area contributed by atoms with E-state index in [9.17, 15) is 41.9 Å². The number of nitrogens with two attached hydrogens (primary N) is 3. The first-order valence-electron chi connectivity index (χ1n) is 36.9. The van der Waals surface area contributed by atoms with E-state index in [4.69, 9.17) is 116 Å². The molecule has 0 aliphatic carbocycles. The molecule has 6 heterocycles. The Labute approximate surface area is 724 Å². The molecule has 12 rings (SSSR count). The predicted molar refractivity (Wildman–Crippen MR) is 456 cm³/mol. The van der Waals surface area contributed by atoms with Gasteiger partial charge < -0.3 is 93.7 Å². The van der Waals surface area contributed by atoms with Gasteiger partial charge in [0.15, 0.2) is 51.8 Å². The van der Waals surface area contributed by atoms with E-state index in [1.165, 1.54) is 67.9 Å². The number of aliphatic hydroxyl groups is 2. The molecule has 9 atom stereocenters. The van der Waals surface area contributed by atoms with Crippen molar-refractivity contribution < 1.29 is 71.5 Å². The summed E-state index contributed by atoms with van der Waals surface area (Å²) < 4.78 is 59.5. The van der Waals surface area contributed by atoms with Gasteiger partial charge in [0.25, 0.3) is 44.1 Å². The third-order valence-electron chi connectivity index (χ3n) is 18.0. The lowest BCUT2D eigenvalue weighted by molar-refractivity contribution is 0.0668. The first kappa shape index (κ1) is 93.3. The minimum atomic E-state index is -1.21. The normalized spacial score (nSPS) is 17.2. The van der Waals surface area contributed by atoms with Crippen molar-refractivity contribution in [1.29, 1.82) is 0 Å². The van der Waals surface area contributed by atoms with E-state index in [1.807, 2.05) is 32.6 Å².